The van der Waals surface area contributed by atoms with Crippen molar-refractivity contribution in [3.8, 4) is 0 Å². The van der Waals surface area contributed by atoms with Crippen molar-refractivity contribution >= 4 is 10.2 Å². The van der Waals surface area contributed by atoms with Gasteiger partial charge in [0.25, 0.3) is 10.2 Å². The molecular weight excluding hydrogens is 244 g/mol. The molecule has 0 aromatic heterocycles. The highest BCUT2D eigenvalue weighted by Gasteiger charge is 2.24. The van der Waals surface area contributed by atoms with E-state index in [1.807, 2.05) is 0 Å². The molecule has 6 nitrogen and oxygen atoms in total. The van der Waals surface area contributed by atoms with Crippen molar-refractivity contribution in [3.63, 3.8) is 0 Å². The van der Waals surface area contributed by atoms with E-state index in [-0.39, 0.29) is 18.6 Å². The summed E-state index contributed by atoms with van der Waals surface area (Å²) in [4.78, 5) is 0. The second kappa shape index (κ2) is 7.27. The van der Waals surface area contributed by atoms with E-state index in [2.05, 4.69) is 9.44 Å². The van der Waals surface area contributed by atoms with Gasteiger partial charge in [-0.2, -0.15) is 13.1 Å². The molecule has 102 valence electrons. The van der Waals surface area contributed by atoms with Gasteiger partial charge in [0.1, 0.15) is 0 Å². The highest BCUT2D eigenvalue weighted by Crippen LogP contribution is 2.23. The molecule has 0 radical (unpaired) electrons. The third kappa shape index (κ3) is 5.78. The van der Waals surface area contributed by atoms with Crippen LogP contribution in [0.2, 0.25) is 0 Å². The molecule has 0 amide bonds. The summed E-state index contributed by atoms with van der Waals surface area (Å²) in [5.74, 6) is 0.0303. The minimum absolute atomic E-state index is 0.0303. The van der Waals surface area contributed by atoms with Crippen LogP contribution in [0.1, 0.15) is 25.7 Å². The molecule has 0 spiro atoms. The van der Waals surface area contributed by atoms with Crippen molar-refractivity contribution in [2.45, 2.75) is 31.8 Å². The van der Waals surface area contributed by atoms with Crippen LogP contribution in [0.25, 0.3) is 0 Å². The van der Waals surface area contributed by atoms with Crippen LogP contribution in [0, 0.1) is 5.92 Å². The van der Waals surface area contributed by atoms with Crippen LogP contribution >= 0.6 is 0 Å². The predicted molar refractivity (Wildman–Crippen MR) is 64.8 cm³/mol. The van der Waals surface area contributed by atoms with E-state index >= 15 is 0 Å². The second-order valence-electron chi connectivity index (χ2n) is 4.35. The van der Waals surface area contributed by atoms with E-state index in [9.17, 15) is 13.5 Å². The quantitative estimate of drug-likeness (QED) is 0.548. The van der Waals surface area contributed by atoms with Crippen LogP contribution in [0.4, 0.5) is 0 Å². The Balaban J connectivity index is 2.28. The highest BCUT2D eigenvalue weighted by atomic mass is 32.2. The largest absolute Gasteiger partial charge is 0.393 e. The summed E-state index contributed by atoms with van der Waals surface area (Å²) in [6.45, 7) is 0.884. The van der Waals surface area contributed by atoms with Crippen LogP contribution in [0.3, 0.4) is 0 Å². The highest BCUT2D eigenvalue weighted by molar-refractivity contribution is 7.87. The van der Waals surface area contributed by atoms with E-state index < -0.39 is 10.2 Å². The summed E-state index contributed by atoms with van der Waals surface area (Å²) in [6, 6.07) is 0. The third-order valence-corrected chi connectivity index (χ3v) is 4.13. The maximum atomic E-state index is 11.5. The topological polar surface area (TPSA) is 87.7 Å². The van der Waals surface area contributed by atoms with E-state index in [0.717, 1.165) is 25.7 Å². The summed E-state index contributed by atoms with van der Waals surface area (Å²) < 4.78 is 32.6. The lowest BCUT2D eigenvalue weighted by atomic mass is 9.87. The number of aliphatic hydroxyl groups excluding tert-OH is 1. The first-order valence-corrected chi connectivity index (χ1v) is 7.45. The molecule has 1 aliphatic carbocycles. The van der Waals surface area contributed by atoms with Crippen molar-refractivity contribution < 1.29 is 18.3 Å². The summed E-state index contributed by atoms with van der Waals surface area (Å²) in [6.07, 6.45) is 3.34. The molecule has 0 aliphatic heterocycles. The van der Waals surface area contributed by atoms with Crippen LogP contribution in [0.5, 0.6) is 0 Å². The van der Waals surface area contributed by atoms with Crippen molar-refractivity contribution in [1.82, 2.24) is 9.44 Å². The Labute approximate surface area is 103 Å². The maximum Gasteiger partial charge on any atom is 0.276 e. The second-order valence-corrected chi connectivity index (χ2v) is 5.94. The zero-order chi connectivity index (χ0) is 12.7. The molecule has 17 heavy (non-hydrogen) atoms. The molecule has 0 saturated heterocycles. The van der Waals surface area contributed by atoms with Crippen LogP contribution < -0.4 is 9.44 Å². The Morgan fingerprint density at radius 3 is 2.65 bits per heavy atom. The predicted octanol–water partition coefficient (Wildman–Crippen LogP) is -0.392. The molecule has 0 bridgehead atoms. The molecule has 0 aromatic rings. The normalized spacial score (nSPS) is 26.0. The number of ether oxygens (including phenoxy) is 1. The van der Waals surface area contributed by atoms with Crippen molar-refractivity contribution in [2.75, 3.05) is 26.8 Å². The SMILES string of the molecule is COCCNS(=O)(=O)NCC1CCCCC1O. The van der Waals surface area contributed by atoms with Gasteiger partial charge in [-0.1, -0.05) is 12.8 Å². The van der Waals surface area contributed by atoms with Gasteiger partial charge >= 0.3 is 0 Å². The fourth-order valence-corrected chi connectivity index (χ4v) is 2.86. The first kappa shape index (κ1) is 14.8. The zero-order valence-electron chi connectivity index (χ0n) is 10.2. The Hall–Kier alpha value is -0.210. The molecule has 2 unspecified atom stereocenters. The molecular formula is C10H22N2O4S. The van der Waals surface area contributed by atoms with E-state index in [1.165, 1.54) is 7.11 Å². The van der Waals surface area contributed by atoms with Gasteiger partial charge in [0, 0.05) is 20.2 Å². The molecule has 0 heterocycles. The summed E-state index contributed by atoms with van der Waals surface area (Å²) >= 11 is 0. The lowest BCUT2D eigenvalue weighted by Crippen LogP contribution is -2.43. The van der Waals surface area contributed by atoms with Gasteiger partial charge < -0.3 is 9.84 Å². The Kier molecular flexibility index (Phi) is 6.35. The molecule has 2 atom stereocenters. The minimum atomic E-state index is -3.47. The van der Waals surface area contributed by atoms with Crippen LogP contribution in [-0.4, -0.2) is 46.4 Å². The Morgan fingerprint density at radius 2 is 2.00 bits per heavy atom. The summed E-state index contributed by atoms with van der Waals surface area (Å²) in [7, 11) is -1.95. The first-order valence-electron chi connectivity index (χ1n) is 5.96. The smallest absolute Gasteiger partial charge is 0.276 e. The Morgan fingerprint density at radius 1 is 1.29 bits per heavy atom. The minimum Gasteiger partial charge on any atom is -0.393 e. The van der Waals surface area contributed by atoms with E-state index in [0.29, 0.717) is 13.2 Å². The van der Waals surface area contributed by atoms with Gasteiger partial charge in [0.2, 0.25) is 0 Å². The van der Waals surface area contributed by atoms with Crippen molar-refractivity contribution in [3.05, 3.63) is 0 Å². The van der Waals surface area contributed by atoms with Gasteiger partial charge in [0.05, 0.1) is 12.7 Å². The molecule has 1 rings (SSSR count). The van der Waals surface area contributed by atoms with Crippen molar-refractivity contribution in [2.24, 2.45) is 5.92 Å². The van der Waals surface area contributed by atoms with Crippen LogP contribution in [-0.2, 0) is 14.9 Å². The van der Waals surface area contributed by atoms with Gasteiger partial charge in [0.15, 0.2) is 0 Å². The number of aliphatic hydroxyl groups is 1. The molecule has 1 aliphatic rings. The molecule has 7 heteroatoms. The first-order chi connectivity index (χ1) is 8.05. The number of nitrogens with one attached hydrogen (secondary N) is 2. The van der Waals surface area contributed by atoms with E-state index in [1.54, 1.807) is 0 Å². The number of rotatable bonds is 7. The zero-order valence-corrected chi connectivity index (χ0v) is 11.0. The molecule has 3 N–H and O–H groups in total. The van der Waals surface area contributed by atoms with Gasteiger partial charge in [-0.15, -0.1) is 0 Å². The monoisotopic (exact) mass is 266 g/mol. The summed E-state index contributed by atoms with van der Waals surface area (Å²) in [5.41, 5.74) is 0. The van der Waals surface area contributed by atoms with Gasteiger partial charge in [-0.3, -0.25) is 0 Å². The van der Waals surface area contributed by atoms with Gasteiger partial charge in [-0.05, 0) is 18.8 Å². The fourth-order valence-electron chi connectivity index (χ4n) is 1.97. The Bertz CT molecular complexity index is 307. The van der Waals surface area contributed by atoms with Crippen molar-refractivity contribution in [1.29, 1.82) is 0 Å². The lowest BCUT2D eigenvalue weighted by Gasteiger charge is -2.27. The van der Waals surface area contributed by atoms with E-state index in [4.69, 9.17) is 4.74 Å². The average Bonchev–Trinajstić information content (AvgIpc) is 2.28. The number of methoxy groups -OCH3 is 1. The summed E-state index contributed by atoms with van der Waals surface area (Å²) in [5, 5.41) is 9.70. The standard InChI is InChI=1S/C10H22N2O4S/c1-16-7-6-11-17(14,15)12-8-9-4-2-3-5-10(9)13/h9-13H,2-8H2,1H3. The molecule has 0 aromatic carbocycles. The maximum absolute atomic E-state index is 11.5. The van der Waals surface area contributed by atoms with Crippen LogP contribution in [0.15, 0.2) is 0 Å². The number of hydrogen-bond acceptors (Lipinski definition) is 4. The number of hydrogen-bond donors (Lipinski definition) is 3. The molecule has 1 saturated carbocycles. The molecule has 1 fully saturated rings. The fraction of sp³-hybridized carbons (Fsp3) is 1.00. The lowest BCUT2D eigenvalue weighted by molar-refractivity contribution is 0.0724. The van der Waals surface area contributed by atoms with Gasteiger partial charge in [-0.25, -0.2) is 4.72 Å². The average molecular weight is 266 g/mol. The third-order valence-electron chi connectivity index (χ3n) is 3.00.